The predicted molar refractivity (Wildman–Crippen MR) is 260 cm³/mol. The molecule has 0 saturated heterocycles. The van der Waals surface area contributed by atoms with Gasteiger partial charge in [-0.1, -0.05) is 197 Å². The summed E-state index contributed by atoms with van der Waals surface area (Å²) < 4.78 is 7.01. The van der Waals surface area contributed by atoms with Crippen LogP contribution >= 0.6 is 0 Å². The van der Waals surface area contributed by atoms with Crippen molar-refractivity contribution in [3.05, 3.63) is 246 Å². The predicted octanol–water partition coefficient (Wildman–Crippen LogP) is 16.4. The molecule has 0 N–H and O–H groups in total. The number of anilines is 3. The van der Waals surface area contributed by atoms with Crippen LogP contribution in [0.5, 0.6) is 0 Å². The molecule has 9 aromatic carbocycles. The Morgan fingerprint density at radius 1 is 0.435 bits per heavy atom. The van der Waals surface area contributed by atoms with E-state index in [0.29, 0.717) is 0 Å². The molecule has 0 fully saturated rings. The monoisotopic (exact) mass is 797 g/mol. The van der Waals surface area contributed by atoms with Gasteiger partial charge >= 0.3 is 0 Å². The summed E-state index contributed by atoms with van der Waals surface area (Å²) in [4.78, 5) is 2.48. The molecule has 0 bridgehead atoms. The number of benzene rings is 9. The van der Waals surface area contributed by atoms with Crippen LogP contribution in [0.2, 0.25) is 0 Å². The normalized spacial score (nSPS) is 13.0. The SMILES string of the molecule is Cc1c(-c2ccccc2)c(N(c2ccc(-c3ccccc3)cc2)c2ccc(C(C)(C)C)cc2)cc2c1-c1c(ccc3c1oc1ccccc13)C2(c1ccccc1)c1ccccc1. The number of fused-ring (bicyclic) bond motifs is 7. The molecule has 62 heavy (non-hydrogen) atoms. The second kappa shape index (κ2) is 14.6. The molecule has 0 spiro atoms. The summed E-state index contributed by atoms with van der Waals surface area (Å²) >= 11 is 0. The van der Waals surface area contributed by atoms with E-state index in [2.05, 4.69) is 245 Å². The van der Waals surface area contributed by atoms with Gasteiger partial charge in [-0.15, -0.1) is 0 Å². The van der Waals surface area contributed by atoms with Gasteiger partial charge in [0.05, 0.1) is 11.1 Å². The maximum Gasteiger partial charge on any atom is 0.143 e. The fourth-order valence-electron chi connectivity index (χ4n) is 10.2. The smallest absolute Gasteiger partial charge is 0.143 e. The Labute approximate surface area is 364 Å². The molecule has 10 aromatic rings. The number of rotatable bonds is 7. The highest BCUT2D eigenvalue weighted by molar-refractivity contribution is 6.14. The molecule has 1 heterocycles. The minimum absolute atomic E-state index is 0.0127. The quantitative estimate of drug-likeness (QED) is 0.160. The van der Waals surface area contributed by atoms with Crippen LogP contribution in [0.25, 0.3) is 55.3 Å². The van der Waals surface area contributed by atoms with E-state index in [9.17, 15) is 0 Å². The Bertz CT molecular complexity index is 3190. The van der Waals surface area contributed by atoms with Gasteiger partial charge in [-0.2, -0.15) is 0 Å². The zero-order valence-corrected chi connectivity index (χ0v) is 35.6. The lowest BCUT2D eigenvalue weighted by molar-refractivity contribution is 0.590. The summed E-state index contributed by atoms with van der Waals surface area (Å²) in [5, 5.41) is 2.26. The van der Waals surface area contributed by atoms with Gasteiger partial charge in [0.2, 0.25) is 0 Å². The molecule has 0 radical (unpaired) electrons. The van der Waals surface area contributed by atoms with Crippen LogP contribution in [0.1, 0.15) is 54.2 Å². The second-order valence-corrected chi connectivity index (χ2v) is 17.7. The fraction of sp³-hybridized carbons (Fsp3) is 0.100. The van der Waals surface area contributed by atoms with Crippen LogP contribution in [0, 0.1) is 6.92 Å². The largest absolute Gasteiger partial charge is 0.455 e. The van der Waals surface area contributed by atoms with Crippen LogP contribution < -0.4 is 4.90 Å². The van der Waals surface area contributed by atoms with Crippen molar-refractivity contribution in [2.45, 2.75) is 38.5 Å². The Hall–Kier alpha value is -7.42. The lowest BCUT2D eigenvalue weighted by Crippen LogP contribution is -2.29. The average molecular weight is 798 g/mol. The highest BCUT2D eigenvalue weighted by Crippen LogP contribution is 2.62. The van der Waals surface area contributed by atoms with E-state index < -0.39 is 5.41 Å². The van der Waals surface area contributed by atoms with Crippen LogP contribution in [0.4, 0.5) is 17.1 Å². The number of hydrogen-bond donors (Lipinski definition) is 0. The van der Waals surface area contributed by atoms with Crippen molar-refractivity contribution in [2.75, 3.05) is 4.90 Å². The molecule has 0 atom stereocenters. The van der Waals surface area contributed by atoms with Crippen LogP contribution in [0.15, 0.2) is 217 Å². The van der Waals surface area contributed by atoms with Crippen molar-refractivity contribution in [1.29, 1.82) is 0 Å². The molecule has 11 rings (SSSR count). The van der Waals surface area contributed by atoms with Gasteiger partial charge in [0.15, 0.2) is 0 Å². The first-order valence-corrected chi connectivity index (χ1v) is 21.7. The van der Waals surface area contributed by atoms with Crippen LogP contribution in [-0.4, -0.2) is 0 Å². The summed E-state index contributed by atoms with van der Waals surface area (Å²) in [6, 6.07) is 77.7. The summed E-state index contributed by atoms with van der Waals surface area (Å²) in [5.74, 6) is 0. The molecule has 0 amide bonds. The zero-order chi connectivity index (χ0) is 42.0. The highest BCUT2D eigenvalue weighted by atomic mass is 16.3. The highest BCUT2D eigenvalue weighted by Gasteiger charge is 2.49. The van der Waals surface area contributed by atoms with Crippen molar-refractivity contribution < 1.29 is 4.42 Å². The lowest BCUT2D eigenvalue weighted by atomic mass is 9.67. The van der Waals surface area contributed by atoms with Gasteiger partial charge in [0.1, 0.15) is 11.2 Å². The molecule has 1 aromatic heterocycles. The minimum atomic E-state index is -0.659. The van der Waals surface area contributed by atoms with Crippen LogP contribution in [-0.2, 0) is 10.8 Å². The summed E-state index contributed by atoms with van der Waals surface area (Å²) in [6.45, 7) is 9.18. The van der Waals surface area contributed by atoms with Gasteiger partial charge in [-0.25, -0.2) is 0 Å². The molecular weight excluding hydrogens is 751 g/mol. The van der Waals surface area contributed by atoms with E-state index in [1.54, 1.807) is 0 Å². The third-order valence-electron chi connectivity index (χ3n) is 13.1. The van der Waals surface area contributed by atoms with E-state index in [0.717, 1.165) is 50.1 Å². The first-order chi connectivity index (χ1) is 30.3. The Kier molecular flexibility index (Phi) is 8.87. The maximum atomic E-state index is 7.01. The van der Waals surface area contributed by atoms with E-state index >= 15 is 0 Å². The molecule has 0 aliphatic heterocycles. The topological polar surface area (TPSA) is 16.4 Å². The number of furan rings is 1. The van der Waals surface area contributed by atoms with Crippen LogP contribution in [0.3, 0.4) is 0 Å². The molecule has 1 aliphatic carbocycles. The van der Waals surface area contributed by atoms with E-state index in [4.69, 9.17) is 4.42 Å². The van der Waals surface area contributed by atoms with E-state index in [1.807, 2.05) is 0 Å². The lowest BCUT2D eigenvalue weighted by Gasteiger charge is -2.36. The third kappa shape index (κ3) is 5.85. The molecule has 298 valence electrons. The van der Waals surface area contributed by atoms with Gasteiger partial charge in [0, 0.05) is 33.3 Å². The van der Waals surface area contributed by atoms with Gasteiger partial charge < -0.3 is 9.32 Å². The number of nitrogens with zero attached hydrogens (tertiary/aromatic N) is 1. The fourth-order valence-corrected chi connectivity index (χ4v) is 10.2. The van der Waals surface area contributed by atoms with Crippen molar-refractivity contribution in [3.8, 4) is 33.4 Å². The Morgan fingerprint density at radius 3 is 1.55 bits per heavy atom. The minimum Gasteiger partial charge on any atom is -0.455 e. The molecule has 0 saturated carbocycles. The molecular formula is C60H47NO. The van der Waals surface area contributed by atoms with Crippen molar-refractivity contribution >= 4 is 39.0 Å². The van der Waals surface area contributed by atoms with Gasteiger partial charge in [0.25, 0.3) is 0 Å². The maximum absolute atomic E-state index is 7.01. The van der Waals surface area contributed by atoms with Crippen molar-refractivity contribution in [2.24, 2.45) is 0 Å². The average Bonchev–Trinajstić information content (AvgIpc) is 3.85. The summed E-state index contributed by atoms with van der Waals surface area (Å²) in [5.41, 5.74) is 19.0. The van der Waals surface area contributed by atoms with E-state index in [1.165, 1.54) is 55.6 Å². The molecule has 2 nitrogen and oxygen atoms in total. The second-order valence-electron chi connectivity index (χ2n) is 17.7. The number of para-hydroxylation sites is 1. The van der Waals surface area contributed by atoms with Gasteiger partial charge in [-0.05, 0) is 104 Å². The summed E-state index contributed by atoms with van der Waals surface area (Å²) in [7, 11) is 0. The first kappa shape index (κ1) is 37.6. The summed E-state index contributed by atoms with van der Waals surface area (Å²) in [6.07, 6.45) is 0. The Morgan fingerprint density at radius 2 is 0.952 bits per heavy atom. The van der Waals surface area contributed by atoms with Crippen molar-refractivity contribution in [3.63, 3.8) is 0 Å². The van der Waals surface area contributed by atoms with Crippen molar-refractivity contribution in [1.82, 2.24) is 0 Å². The molecule has 0 unspecified atom stereocenters. The van der Waals surface area contributed by atoms with E-state index in [-0.39, 0.29) is 5.41 Å². The molecule has 1 aliphatic rings. The standard InChI is InChI=1S/C60H47NO/c1-40-55(43-21-11-6-12-22-43)53(61(48-35-31-44(32-36-48)59(2,3)4)47-33-29-42(30-34-47)41-19-9-5-10-20-41)39-52-56(40)57-51(38-37-50-49-27-17-18-28-54(49)62-58(50)57)60(52,45-23-13-7-14-24-45)46-25-15-8-16-26-46/h5-39H,1-4H3. The first-order valence-electron chi connectivity index (χ1n) is 21.7. The molecule has 2 heteroatoms. The van der Waals surface area contributed by atoms with Gasteiger partial charge in [-0.3, -0.25) is 0 Å². The Balaban J connectivity index is 1.29. The number of hydrogen-bond acceptors (Lipinski definition) is 2. The third-order valence-corrected chi connectivity index (χ3v) is 13.1. The zero-order valence-electron chi connectivity index (χ0n) is 35.6.